The van der Waals surface area contributed by atoms with Crippen LogP contribution in [0, 0.1) is 0 Å². The van der Waals surface area contributed by atoms with Crippen LogP contribution in [0.5, 0.6) is 0 Å². The van der Waals surface area contributed by atoms with Gasteiger partial charge in [-0.25, -0.2) is 0 Å². The first-order chi connectivity index (χ1) is 6.87. The van der Waals surface area contributed by atoms with Crippen LogP contribution in [0.15, 0.2) is 0 Å². The fourth-order valence-electron chi connectivity index (χ4n) is 1.65. The number of carbonyl (C=O) groups excluding carboxylic acids is 1. The molecule has 0 aromatic rings. The molecule has 0 aliphatic rings. The third kappa shape index (κ3) is 4.18. The Labute approximate surface area is 93.2 Å². The summed E-state index contributed by atoms with van der Waals surface area (Å²) >= 11 is 0. The fraction of sp³-hybridized carbons (Fsp3) is 0.909. The molecule has 4 heteroatoms. The first kappa shape index (κ1) is 14.4. The van der Waals surface area contributed by atoms with Crippen molar-refractivity contribution in [2.45, 2.75) is 45.2 Å². The van der Waals surface area contributed by atoms with Crippen LogP contribution >= 0.6 is 0 Å². The summed E-state index contributed by atoms with van der Waals surface area (Å²) in [5.74, 6) is -0.290. The number of nitrogens with one attached hydrogen (secondary N) is 1. The Kier molecular flexibility index (Phi) is 5.83. The number of carbonyl (C=O) groups is 1. The van der Waals surface area contributed by atoms with Gasteiger partial charge >= 0.3 is 0 Å². The van der Waals surface area contributed by atoms with Crippen molar-refractivity contribution in [1.82, 2.24) is 10.2 Å². The minimum Gasteiger partial charge on any atom is -0.368 e. The van der Waals surface area contributed by atoms with Gasteiger partial charge in [0, 0.05) is 6.04 Å². The average Bonchev–Trinajstić information content (AvgIpc) is 2.17. The highest BCUT2D eigenvalue weighted by molar-refractivity contribution is 5.84. The lowest BCUT2D eigenvalue weighted by Gasteiger charge is -2.33. The molecule has 2 unspecified atom stereocenters. The van der Waals surface area contributed by atoms with Gasteiger partial charge in [-0.15, -0.1) is 0 Å². The van der Waals surface area contributed by atoms with E-state index in [1.807, 2.05) is 6.92 Å². The molecule has 0 aliphatic carbocycles. The van der Waals surface area contributed by atoms with E-state index < -0.39 is 5.54 Å². The Balaban J connectivity index is 4.35. The van der Waals surface area contributed by atoms with Crippen LogP contribution < -0.4 is 11.1 Å². The molecule has 0 aromatic carbocycles. The lowest BCUT2D eigenvalue weighted by molar-refractivity contribution is -0.124. The molecule has 90 valence electrons. The lowest BCUT2D eigenvalue weighted by atomic mass is 9.92. The molecular weight excluding hydrogens is 190 g/mol. The van der Waals surface area contributed by atoms with Gasteiger partial charge < -0.3 is 16.0 Å². The van der Waals surface area contributed by atoms with Crippen molar-refractivity contribution < 1.29 is 4.79 Å². The molecule has 0 fully saturated rings. The summed E-state index contributed by atoms with van der Waals surface area (Å²) in [6.45, 7) is 7.16. The molecule has 3 N–H and O–H groups in total. The predicted octanol–water partition coefficient (Wildman–Crippen LogP) is 0.570. The summed E-state index contributed by atoms with van der Waals surface area (Å²) in [6.07, 6.45) is 1.85. The Morgan fingerprint density at radius 2 is 2.13 bits per heavy atom. The normalized spacial score (nSPS) is 17.5. The molecule has 0 rings (SSSR count). The first-order valence-corrected chi connectivity index (χ1v) is 5.56. The van der Waals surface area contributed by atoms with Crippen LogP contribution in [0.4, 0.5) is 0 Å². The quantitative estimate of drug-likeness (QED) is 0.653. The molecule has 0 saturated heterocycles. The number of nitrogens with zero attached hydrogens (tertiary/aromatic N) is 1. The van der Waals surface area contributed by atoms with E-state index in [2.05, 4.69) is 31.1 Å². The number of nitrogens with two attached hydrogens (primary N) is 1. The molecule has 0 aromatic heterocycles. The van der Waals surface area contributed by atoms with E-state index in [9.17, 15) is 4.79 Å². The number of rotatable bonds is 7. The maximum atomic E-state index is 11.3. The highest BCUT2D eigenvalue weighted by atomic mass is 16.1. The Hall–Kier alpha value is -0.610. The van der Waals surface area contributed by atoms with Crippen LogP contribution in [0.3, 0.4) is 0 Å². The second-order valence-electron chi connectivity index (χ2n) is 4.48. The van der Waals surface area contributed by atoms with Gasteiger partial charge in [0.1, 0.15) is 0 Å². The third-order valence-corrected chi connectivity index (χ3v) is 3.13. The van der Waals surface area contributed by atoms with E-state index in [0.717, 1.165) is 19.4 Å². The summed E-state index contributed by atoms with van der Waals surface area (Å²) in [7, 11) is 3.85. The average molecular weight is 215 g/mol. The van der Waals surface area contributed by atoms with Gasteiger partial charge in [0.25, 0.3) is 0 Å². The standard InChI is InChI=1S/C11H25N3O/c1-6-7-14(5)9(2)8-11(3,13-4)10(12)15/h9,13H,6-8H2,1-5H3,(H2,12,15). The second kappa shape index (κ2) is 6.08. The van der Waals surface area contributed by atoms with Gasteiger partial charge in [-0.2, -0.15) is 0 Å². The van der Waals surface area contributed by atoms with Crippen molar-refractivity contribution >= 4 is 5.91 Å². The molecule has 0 bridgehead atoms. The number of likely N-dealkylation sites (N-methyl/N-ethyl adjacent to an activating group) is 1. The predicted molar refractivity (Wildman–Crippen MR) is 63.7 cm³/mol. The van der Waals surface area contributed by atoms with Crippen molar-refractivity contribution in [3.8, 4) is 0 Å². The van der Waals surface area contributed by atoms with E-state index in [1.165, 1.54) is 0 Å². The Morgan fingerprint density at radius 3 is 2.47 bits per heavy atom. The topological polar surface area (TPSA) is 58.4 Å². The van der Waals surface area contributed by atoms with Crippen molar-refractivity contribution in [1.29, 1.82) is 0 Å². The monoisotopic (exact) mass is 215 g/mol. The van der Waals surface area contributed by atoms with Gasteiger partial charge in [-0.05, 0) is 47.3 Å². The lowest BCUT2D eigenvalue weighted by Crippen LogP contribution is -2.54. The van der Waals surface area contributed by atoms with Crippen LogP contribution in [-0.4, -0.2) is 43.0 Å². The smallest absolute Gasteiger partial charge is 0.237 e. The zero-order chi connectivity index (χ0) is 12.1. The summed E-state index contributed by atoms with van der Waals surface area (Å²) < 4.78 is 0. The SMILES string of the molecule is CCCN(C)C(C)CC(C)(NC)C(N)=O. The van der Waals surface area contributed by atoms with E-state index >= 15 is 0 Å². The van der Waals surface area contributed by atoms with Gasteiger partial charge in [-0.1, -0.05) is 6.92 Å². The Morgan fingerprint density at radius 1 is 1.60 bits per heavy atom. The minimum atomic E-state index is -0.610. The zero-order valence-corrected chi connectivity index (χ0v) is 10.6. The molecule has 0 heterocycles. The largest absolute Gasteiger partial charge is 0.368 e. The van der Waals surface area contributed by atoms with Crippen LogP contribution in [0.25, 0.3) is 0 Å². The highest BCUT2D eigenvalue weighted by Crippen LogP contribution is 2.14. The minimum absolute atomic E-state index is 0.290. The maximum absolute atomic E-state index is 11.3. The van der Waals surface area contributed by atoms with Crippen molar-refractivity contribution in [2.24, 2.45) is 5.73 Å². The summed E-state index contributed by atoms with van der Waals surface area (Å²) in [5, 5.41) is 3.00. The molecule has 0 aliphatic heterocycles. The zero-order valence-electron chi connectivity index (χ0n) is 10.6. The molecule has 2 atom stereocenters. The van der Waals surface area contributed by atoms with Gasteiger partial charge in [0.2, 0.25) is 5.91 Å². The van der Waals surface area contributed by atoms with E-state index in [4.69, 9.17) is 5.73 Å². The molecule has 1 amide bonds. The second-order valence-corrected chi connectivity index (χ2v) is 4.48. The molecule has 15 heavy (non-hydrogen) atoms. The summed E-state index contributed by atoms with van der Waals surface area (Å²) in [5.41, 5.74) is 4.77. The molecule has 0 radical (unpaired) electrons. The first-order valence-electron chi connectivity index (χ1n) is 5.56. The number of amides is 1. The molecule has 4 nitrogen and oxygen atoms in total. The number of hydrogen-bond acceptors (Lipinski definition) is 3. The van der Waals surface area contributed by atoms with Crippen molar-refractivity contribution in [3.05, 3.63) is 0 Å². The van der Waals surface area contributed by atoms with Crippen molar-refractivity contribution in [2.75, 3.05) is 20.6 Å². The molecule has 0 spiro atoms. The van der Waals surface area contributed by atoms with Gasteiger partial charge in [0.05, 0.1) is 5.54 Å². The van der Waals surface area contributed by atoms with Gasteiger partial charge in [-0.3, -0.25) is 4.79 Å². The van der Waals surface area contributed by atoms with Crippen LogP contribution in [-0.2, 0) is 4.79 Å². The van der Waals surface area contributed by atoms with Crippen molar-refractivity contribution in [3.63, 3.8) is 0 Å². The van der Waals surface area contributed by atoms with Crippen LogP contribution in [0.1, 0.15) is 33.6 Å². The van der Waals surface area contributed by atoms with Gasteiger partial charge in [0.15, 0.2) is 0 Å². The number of primary amides is 1. The highest BCUT2D eigenvalue weighted by Gasteiger charge is 2.31. The summed E-state index contributed by atoms with van der Waals surface area (Å²) in [6, 6.07) is 0.342. The Bertz CT molecular complexity index is 208. The van der Waals surface area contributed by atoms with E-state index in [-0.39, 0.29) is 5.91 Å². The maximum Gasteiger partial charge on any atom is 0.237 e. The molecular formula is C11H25N3O. The number of hydrogen-bond donors (Lipinski definition) is 2. The molecule has 0 saturated carbocycles. The van der Waals surface area contributed by atoms with E-state index in [1.54, 1.807) is 7.05 Å². The third-order valence-electron chi connectivity index (χ3n) is 3.13. The fourth-order valence-corrected chi connectivity index (χ4v) is 1.65. The summed E-state index contributed by atoms with van der Waals surface area (Å²) in [4.78, 5) is 13.6. The van der Waals surface area contributed by atoms with E-state index in [0.29, 0.717) is 6.04 Å². The van der Waals surface area contributed by atoms with Crippen LogP contribution in [0.2, 0.25) is 0 Å².